The first kappa shape index (κ1) is 14.0. The molecule has 13 heavy (non-hydrogen) atoms. The van der Waals surface area contributed by atoms with E-state index in [1.54, 1.807) is 6.92 Å². The topological polar surface area (TPSA) is 63.6 Å². The zero-order valence-electron chi connectivity index (χ0n) is 7.87. The van der Waals surface area contributed by atoms with Gasteiger partial charge in [0.25, 0.3) is 5.97 Å². The van der Waals surface area contributed by atoms with Crippen LogP contribution in [-0.2, 0) is 14.3 Å². The number of aliphatic carboxylic acids is 1. The number of hydrogen-bond donors (Lipinski definition) is 1. The highest BCUT2D eigenvalue weighted by atomic mass is 16.5. The summed E-state index contributed by atoms with van der Waals surface area (Å²) < 4.78 is 4.58. The molecule has 0 heterocycles. The standard InChI is InChI=1S/C7H10O2.C2H4O2/c1-4-6(3)7(8)9-5-2;1-2(3)4/h4H,1,3,5H2,2H3;1H3,(H,3,4). The maximum Gasteiger partial charge on any atom is 0.337 e. The molecule has 0 fully saturated rings. The SMILES string of the molecule is C=CC(=C)C(=O)OCC.CC(=O)O. The van der Waals surface area contributed by atoms with Crippen molar-refractivity contribution >= 4 is 11.9 Å². The van der Waals surface area contributed by atoms with Crippen LogP contribution in [0, 0.1) is 0 Å². The minimum atomic E-state index is -0.833. The maximum absolute atomic E-state index is 10.6. The first-order valence-corrected chi connectivity index (χ1v) is 3.63. The van der Waals surface area contributed by atoms with Gasteiger partial charge < -0.3 is 9.84 Å². The van der Waals surface area contributed by atoms with Crippen LogP contribution < -0.4 is 0 Å². The molecule has 0 bridgehead atoms. The average Bonchev–Trinajstić information content (AvgIpc) is 2.02. The number of carbonyl (C=O) groups is 2. The average molecular weight is 186 g/mol. The number of carboxylic acid groups (broad SMARTS) is 1. The Morgan fingerprint density at radius 3 is 2.15 bits per heavy atom. The fraction of sp³-hybridized carbons (Fsp3) is 0.333. The lowest BCUT2D eigenvalue weighted by atomic mass is 10.3. The van der Waals surface area contributed by atoms with Crippen molar-refractivity contribution in [2.45, 2.75) is 13.8 Å². The first-order valence-electron chi connectivity index (χ1n) is 3.63. The van der Waals surface area contributed by atoms with Gasteiger partial charge in [0.15, 0.2) is 0 Å². The maximum atomic E-state index is 10.6. The third kappa shape index (κ3) is 13.4. The van der Waals surface area contributed by atoms with Gasteiger partial charge in [0.2, 0.25) is 0 Å². The van der Waals surface area contributed by atoms with E-state index >= 15 is 0 Å². The van der Waals surface area contributed by atoms with Crippen LogP contribution in [0.3, 0.4) is 0 Å². The number of ether oxygens (including phenoxy) is 1. The fourth-order valence-corrected chi connectivity index (χ4v) is 0.307. The summed E-state index contributed by atoms with van der Waals surface area (Å²) in [6.45, 7) is 9.97. The van der Waals surface area contributed by atoms with E-state index in [2.05, 4.69) is 17.9 Å². The first-order chi connectivity index (χ1) is 5.95. The monoisotopic (exact) mass is 186 g/mol. The predicted octanol–water partition coefficient (Wildman–Crippen LogP) is 1.38. The lowest BCUT2D eigenvalue weighted by Crippen LogP contribution is -2.04. The summed E-state index contributed by atoms with van der Waals surface area (Å²) in [7, 11) is 0. The zero-order valence-corrected chi connectivity index (χ0v) is 7.87. The van der Waals surface area contributed by atoms with Crippen LogP contribution in [-0.4, -0.2) is 23.7 Å². The van der Waals surface area contributed by atoms with Crippen LogP contribution in [0.2, 0.25) is 0 Å². The van der Waals surface area contributed by atoms with E-state index in [4.69, 9.17) is 9.90 Å². The highest BCUT2D eigenvalue weighted by Gasteiger charge is 2.00. The molecule has 0 aromatic rings. The highest BCUT2D eigenvalue weighted by Crippen LogP contribution is 1.93. The Labute approximate surface area is 77.5 Å². The second kappa shape index (κ2) is 8.52. The Balaban J connectivity index is 0. The van der Waals surface area contributed by atoms with Crippen LogP contribution in [0.25, 0.3) is 0 Å². The van der Waals surface area contributed by atoms with Crippen molar-refractivity contribution in [2.75, 3.05) is 6.61 Å². The van der Waals surface area contributed by atoms with E-state index in [0.29, 0.717) is 12.2 Å². The smallest absolute Gasteiger partial charge is 0.337 e. The molecule has 74 valence electrons. The lowest BCUT2D eigenvalue weighted by molar-refractivity contribution is -0.138. The van der Waals surface area contributed by atoms with Gasteiger partial charge >= 0.3 is 5.97 Å². The fourth-order valence-electron chi connectivity index (χ4n) is 0.307. The molecule has 0 aromatic heterocycles. The van der Waals surface area contributed by atoms with Gasteiger partial charge in [0.1, 0.15) is 0 Å². The number of esters is 1. The van der Waals surface area contributed by atoms with Crippen LogP contribution >= 0.6 is 0 Å². The quantitative estimate of drug-likeness (QED) is 0.411. The van der Waals surface area contributed by atoms with Crippen molar-refractivity contribution in [3.05, 3.63) is 24.8 Å². The summed E-state index contributed by atoms with van der Waals surface area (Å²) in [6.07, 6.45) is 1.37. The van der Waals surface area contributed by atoms with E-state index in [-0.39, 0.29) is 0 Å². The molecule has 0 aliphatic rings. The molecule has 4 heteroatoms. The van der Waals surface area contributed by atoms with Crippen LogP contribution in [0.15, 0.2) is 24.8 Å². The Morgan fingerprint density at radius 2 is 1.92 bits per heavy atom. The van der Waals surface area contributed by atoms with Gasteiger partial charge in [0, 0.05) is 6.92 Å². The van der Waals surface area contributed by atoms with Gasteiger partial charge in [-0.25, -0.2) is 4.79 Å². The summed E-state index contributed by atoms with van der Waals surface area (Å²) in [5, 5.41) is 7.42. The lowest BCUT2D eigenvalue weighted by Gasteiger charge is -1.97. The molecule has 0 aromatic carbocycles. The van der Waals surface area contributed by atoms with E-state index in [9.17, 15) is 4.79 Å². The number of hydrogen-bond acceptors (Lipinski definition) is 3. The molecule has 0 saturated carbocycles. The van der Waals surface area contributed by atoms with E-state index < -0.39 is 11.9 Å². The second-order valence-electron chi connectivity index (χ2n) is 1.97. The molecule has 0 amide bonds. The third-order valence-electron chi connectivity index (χ3n) is 0.784. The summed E-state index contributed by atoms with van der Waals surface area (Å²) in [5.74, 6) is -1.23. The Morgan fingerprint density at radius 1 is 1.54 bits per heavy atom. The van der Waals surface area contributed by atoms with Crippen molar-refractivity contribution in [3.8, 4) is 0 Å². The molecular weight excluding hydrogens is 172 g/mol. The van der Waals surface area contributed by atoms with Crippen molar-refractivity contribution in [1.29, 1.82) is 0 Å². The summed E-state index contributed by atoms with van der Waals surface area (Å²) in [5.41, 5.74) is 0.303. The minimum absolute atomic E-state index is 0.303. The highest BCUT2D eigenvalue weighted by molar-refractivity contribution is 5.90. The normalized spacial score (nSPS) is 7.54. The molecule has 0 saturated heterocycles. The Hall–Kier alpha value is -1.58. The minimum Gasteiger partial charge on any atom is -0.481 e. The molecule has 0 spiro atoms. The van der Waals surface area contributed by atoms with Crippen molar-refractivity contribution < 1.29 is 19.4 Å². The third-order valence-corrected chi connectivity index (χ3v) is 0.784. The molecular formula is C9H14O4. The molecule has 0 aliphatic heterocycles. The predicted molar refractivity (Wildman–Crippen MR) is 49.3 cm³/mol. The number of carbonyl (C=O) groups excluding carboxylic acids is 1. The van der Waals surface area contributed by atoms with E-state index in [1.807, 2.05) is 0 Å². The van der Waals surface area contributed by atoms with E-state index in [0.717, 1.165) is 6.92 Å². The number of rotatable bonds is 3. The summed E-state index contributed by atoms with van der Waals surface area (Å²) >= 11 is 0. The van der Waals surface area contributed by atoms with Crippen molar-refractivity contribution in [1.82, 2.24) is 0 Å². The molecule has 0 unspecified atom stereocenters. The molecule has 0 radical (unpaired) electrons. The van der Waals surface area contributed by atoms with Crippen molar-refractivity contribution in [2.24, 2.45) is 0 Å². The molecule has 0 aliphatic carbocycles. The van der Waals surface area contributed by atoms with Gasteiger partial charge in [-0.15, -0.1) is 0 Å². The van der Waals surface area contributed by atoms with Gasteiger partial charge in [-0.2, -0.15) is 0 Å². The van der Waals surface area contributed by atoms with Crippen LogP contribution in [0.1, 0.15) is 13.8 Å². The van der Waals surface area contributed by atoms with Crippen molar-refractivity contribution in [3.63, 3.8) is 0 Å². The second-order valence-corrected chi connectivity index (χ2v) is 1.97. The summed E-state index contributed by atoms with van der Waals surface area (Å²) in [6, 6.07) is 0. The van der Waals surface area contributed by atoms with Gasteiger partial charge in [0.05, 0.1) is 12.2 Å². The summed E-state index contributed by atoms with van der Waals surface area (Å²) in [4.78, 5) is 19.6. The van der Waals surface area contributed by atoms with E-state index in [1.165, 1.54) is 6.08 Å². The molecule has 4 nitrogen and oxygen atoms in total. The Bertz CT molecular complexity index is 202. The molecule has 0 rings (SSSR count). The van der Waals surface area contributed by atoms with Gasteiger partial charge in [-0.05, 0) is 6.92 Å². The van der Waals surface area contributed by atoms with Crippen LogP contribution in [0.4, 0.5) is 0 Å². The molecule has 1 N–H and O–H groups in total. The largest absolute Gasteiger partial charge is 0.481 e. The van der Waals surface area contributed by atoms with Gasteiger partial charge in [-0.3, -0.25) is 4.79 Å². The number of carboxylic acids is 1. The zero-order chi connectivity index (χ0) is 10.9. The Kier molecular flexibility index (Phi) is 9.15. The van der Waals surface area contributed by atoms with Gasteiger partial charge in [-0.1, -0.05) is 19.2 Å². The molecule has 0 atom stereocenters. The van der Waals surface area contributed by atoms with Crippen LogP contribution in [0.5, 0.6) is 0 Å².